The lowest BCUT2D eigenvalue weighted by atomic mass is 9.83. The summed E-state index contributed by atoms with van der Waals surface area (Å²) >= 11 is 0. The molecule has 0 bridgehead atoms. The summed E-state index contributed by atoms with van der Waals surface area (Å²) in [5, 5.41) is 11.5. The van der Waals surface area contributed by atoms with E-state index in [0.717, 1.165) is 64.0 Å². The van der Waals surface area contributed by atoms with Crippen molar-refractivity contribution in [2.45, 2.75) is 39.5 Å². The summed E-state index contributed by atoms with van der Waals surface area (Å²) < 4.78 is 5.34. The summed E-state index contributed by atoms with van der Waals surface area (Å²) in [7, 11) is 0. The number of benzene rings is 1. The van der Waals surface area contributed by atoms with E-state index in [1.54, 1.807) is 31.1 Å². The topological polar surface area (TPSA) is 109 Å². The summed E-state index contributed by atoms with van der Waals surface area (Å²) in [5.74, 6) is 0.205. The first kappa shape index (κ1) is 23.8. The van der Waals surface area contributed by atoms with E-state index in [4.69, 9.17) is 9.41 Å². The molecule has 6 rings (SSSR count). The van der Waals surface area contributed by atoms with Crippen LogP contribution in [0.3, 0.4) is 0 Å². The molecule has 1 unspecified atom stereocenters. The number of rotatable bonds is 7. The zero-order chi connectivity index (χ0) is 26.1. The minimum absolute atomic E-state index is 0.0192. The number of hydrogen-bond acceptors (Lipinski definition) is 6. The van der Waals surface area contributed by atoms with Crippen LogP contribution in [0.2, 0.25) is 0 Å². The Balaban J connectivity index is 1.40. The largest absolute Gasteiger partial charge is 0.472 e. The van der Waals surface area contributed by atoms with Gasteiger partial charge in [-0.15, -0.1) is 0 Å². The maximum absolute atomic E-state index is 12.1. The van der Waals surface area contributed by atoms with Crippen molar-refractivity contribution in [3.63, 3.8) is 0 Å². The molecule has 190 valence electrons. The van der Waals surface area contributed by atoms with E-state index >= 15 is 0 Å². The number of nitrogens with zero attached hydrogens (tertiary/aromatic N) is 4. The van der Waals surface area contributed by atoms with E-state index in [-0.39, 0.29) is 11.8 Å². The second-order valence-corrected chi connectivity index (χ2v) is 9.58. The van der Waals surface area contributed by atoms with Crippen LogP contribution in [0.25, 0.3) is 33.3 Å². The Morgan fingerprint density at radius 2 is 2.00 bits per heavy atom. The Bertz CT molecular complexity index is 1650. The van der Waals surface area contributed by atoms with Gasteiger partial charge in [-0.1, -0.05) is 26.0 Å². The number of aromatic nitrogens is 4. The molecule has 0 radical (unpaired) electrons. The van der Waals surface area contributed by atoms with Gasteiger partial charge in [-0.2, -0.15) is 5.10 Å². The number of nitrogens with one attached hydrogen (secondary N) is 2. The smallest absolute Gasteiger partial charge is 0.224 e. The van der Waals surface area contributed by atoms with Crippen molar-refractivity contribution in [3.05, 3.63) is 78.8 Å². The first-order chi connectivity index (χ1) is 18.6. The minimum atomic E-state index is -0.0192. The monoisotopic (exact) mass is 504 g/mol. The highest BCUT2D eigenvalue weighted by Crippen LogP contribution is 2.39. The molecule has 0 saturated heterocycles. The van der Waals surface area contributed by atoms with Gasteiger partial charge in [0, 0.05) is 46.8 Å². The van der Waals surface area contributed by atoms with Crippen LogP contribution in [0, 0.1) is 5.92 Å². The molecular weight excluding hydrogens is 476 g/mol. The minimum Gasteiger partial charge on any atom is -0.472 e. The number of aliphatic imine (C=N–C) groups is 1. The summed E-state index contributed by atoms with van der Waals surface area (Å²) in [5.41, 5.74) is 9.38. The fraction of sp³-hybridized carbons (Fsp3) is 0.233. The van der Waals surface area contributed by atoms with Gasteiger partial charge in [-0.25, -0.2) is 4.98 Å². The highest BCUT2D eigenvalue weighted by molar-refractivity contribution is 6.12. The molecule has 0 spiro atoms. The van der Waals surface area contributed by atoms with E-state index in [2.05, 4.69) is 50.6 Å². The van der Waals surface area contributed by atoms with E-state index < -0.39 is 0 Å². The van der Waals surface area contributed by atoms with E-state index in [1.807, 2.05) is 25.1 Å². The van der Waals surface area contributed by atoms with Crippen molar-refractivity contribution in [1.29, 1.82) is 0 Å². The number of carbonyl (C=O) groups excluding carboxylic acids is 1. The average molecular weight is 505 g/mol. The molecule has 1 amide bonds. The molecule has 5 aromatic rings. The zero-order valence-corrected chi connectivity index (χ0v) is 21.4. The number of carbonyl (C=O) groups is 1. The van der Waals surface area contributed by atoms with E-state index in [9.17, 15) is 4.79 Å². The summed E-state index contributed by atoms with van der Waals surface area (Å²) in [6.07, 6.45) is 11.8. The zero-order valence-electron chi connectivity index (χ0n) is 21.4. The third-order valence-electron chi connectivity index (χ3n) is 7.05. The van der Waals surface area contributed by atoms with Gasteiger partial charge >= 0.3 is 0 Å². The number of H-pyrrole nitrogens is 1. The second-order valence-electron chi connectivity index (χ2n) is 9.58. The molecule has 1 atom stereocenters. The van der Waals surface area contributed by atoms with Crippen LogP contribution < -0.4 is 5.32 Å². The van der Waals surface area contributed by atoms with Crippen LogP contribution in [-0.4, -0.2) is 31.8 Å². The van der Waals surface area contributed by atoms with Crippen LogP contribution in [0.4, 0.5) is 11.4 Å². The van der Waals surface area contributed by atoms with Crippen LogP contribution >= 0.6 is 0 Å². The molecule has 0 aliphatic carbocycles. The van der Waals surface area contributed by atoms with Crippen molar-refractivity contribution >= 4 is 34.0 Å². The number of anilines is 1. The van der Waals surface area contributed by atoms with Crippen molar-refractivity contribution in [2.75, 3.05) is 5.32 Å². The Labute approximate surface area is 220 Å². The summed E-state index contributed by atoms with van der Waals surface area (Å²) in [6, 6.07) is 12.2. The Kier molecular flexibility index (Phi) is 6.29. The molecular formula is C30H28N6O2. The maximum Gasteiger partial charge on any atom is 0.224 e. The number of pyridine rings is 2. The lowest BCUT2D eigenvalue weighted by molar-refractivity contribution is -0.116. The summed E-state index contributed by atoms with van der Waals surface area (Å²) in [6.45, 7) is 4.17. The molecule has 2 N–H and O–H groups in total. The average Bonchev–Trinajstić information content (AvgIpc) is 3.62. The van der Waals surface area contributed by atoms with Crippen LogP contribution in [0.1, 0.15) is 44.4 Å². The van der Waals surface area contributed by atoms with Gasteiger partial charge in [0.1, 0.15) is 0 Å². The Hall–Kier alpha value is -4.59. The van der Waals surface area contributed by atoms with Gasteiger partial charge in [0.05, 0.1) is 41.5 Å². The molecule has 0 fully saturated rings. The second kappa shape index (κ2) is 10.0. The fourth-order valence-corrected chi connectivity index (χ4v) is 5.11. The predicted molar refractivity (Wildman–Crippen MR) is 148 cm³/mol. The van der Waals surface area contributed by atoms with Crippen molar-refractivity contribution in [2.24, 2.45) is 10.9 Å². The third-order valence-corrected chi connectivity index (χ3v) is 7.05. The number of amides is 1. The number of fused-ring (bicyclic) bond motifs is 2. The van der Waals surface area contributed by atoms with Gasteiger partial charge in [0.15, 0.2) is 5.65 Å². The van der Waals surface area contributed by atoms with Gasteiger partial charge in [0.2, 0.25) is 5.91 Å². The lowest BCUT2D eigenvalue weighted by Crippen LogP contribution is -2.22. The molecule has 1 aromatic carbocycles. The van der Waals surface area contributed by atoms with Gasteiger partial charge in [-0.3, -0.25) is 19.9 Å². The molecule has 8 nitrogen and oxygen atoms in total. The Morgan fingerprint density at radius 1 is 1.11 bits per heavy atom. The van der Waals surface area contributed by atoms with E-state index in [1.165, 1.54) is 5.56 Å². The molecule has 5 heterocycles. The summed E-state index contributed by atoms with van der Waals surface area (Å²) in [4.78, 5) is 26.2. The van der Waals surface area contributed by atoms with Gasteiger partial charge in [-0.05, 0) is 54.7 Å². The lowest BCUT2D eigenvalue weighted by Gasteiger charge is -2.25. The standard InChI is InChI=1S/C30H28N6O2/c1-3-6-27(37)33-22-11-20(14-31-16-22)21-13-25-29(35-36-30(25)32-15-21)28-18(4-2)12-24-23(19-9-10-38-17-19)7-5-8-26(24)34-28/h5,7-11,13-18H,3-4,6,12H2,1-2H3,(H,33,37)(H,32,35,36). The molecule has 8 heteroatoms. The van der Waals surface area contributed by atoms with Crippen molar-refractivity contribution in [3.8, 4) is 22.3 Å². The quantitative estimate of drug-likeness (QED) is 0.256. The first-order valence-corrected chi connectivity index (χ1v) is 13.0. The molecule has 1 aliphatic heterocycles. The number of hydrogen-bond donors (Lipinski definition) is 2. The van der Waals surface area contributed by atoms with Crippen molar-refractivity contribution < 1.29 is 9.21 Å². The van der Waals surface area contributed by atoms with Crippen LogP contribution in [-0.2, 0) is 11.2 Å². The van der Waals surface area contributed by atoms with Gasteiger partial charge in [0.25, 0.3) is 0 Å². The molecule has 4 aromatic heterocycles. The fourth-order valence-electron chi connectivity index (χ4n) is 5.11. The molecule has 0 saturated carbocycles. The highest BCUT2D eigenvalue weighted by atomic mass is 16.3. The number of furan rings is 1. The normalized spacial score (nSPS) is 14.8. The first-order valence-electron chi connectivity index (χ1n) is 13.0. The van der Waals surface area contributed by atoms with Gasteiger partial charge < -0.3 is 9.73 Å². The molecule has 1 aliphatic rings. The predicted octanol–water partition coefficient (Wildman–Crippen LogP) is 6.72. The van der Waals surface area contributed by atoms with Crippen LogP contribution in [0.15, 0.2) is 76.9 Å². The van der Waals surface area contributed by atoms with E-state index in [0.29, 0.717) is 17.8 Å². The SMILES string of the molecule is CCCC(=O)Nc1cncc(-c2cnc3n[nH]c(C4=Nc5cccc(-c6ccoc6)c5CC4CC)c3c2)c1. The maximum atomic E-state index is 12.1. The number of aromatic amines is 1. The van der Waals surface area contributed by atoms with Crippen LogP contribution in [0.5, 0.6) is 0 Å². The van der Waals surface area contributed by atoms with Crippen molar-refractivity contribution in [1.82, 2.24) is 20.2 Å². The Morgan fingerprint density at radius 3 is 2.82 bits per heavy atom. The molecule has 38 heavy (non-hydrogen) atoms. The third kappa shape index (κ3) is 4.38. The highest BCUT2D eigenvalue weighted by Gasteiger charge is 2.28.